The average molecular weight is 405 g/mol. The lowest BCUT2D eigenvalue weighted by Gasteiger charge is -2.28. The molecule has 10 heteroatoms. The van der Waals surface area contributed by atoms with Gasteiger partial charge in [0.05, 0.1) is 22.4 Å². The number of aromatic amines is 1. The lowest BCUT2D eigenvalue weighted by atomic mass is 10.0. The van der Waals surface area contributed by atoms with E-state index in [1.165, 1.54) is 18.7 Å². The summed E-state index contributed by atoms with van der Waals surface area (Å²) in [4.78, 5) is 29.0. The van der Waals surface area contributed by atoms with E-state index in [4.69, 9.17) is 0 Å². The number of nitrogens with one attached hydrogen (secondary N) is 1. The molecule has 0 radical (unpaired) electrons. The molecule has 3 aromatic rings. The van der Waals surface area contributed by atoms with E-state index >= 15 is 0 Å². The summed E-state index contributed by atoms with van der Waals surface area (Å²) in [6.45, 7) is 0.170. The molecule has 3 heterocycles. The van der Waals surface area contributed by atoms with Crippen molar-refractivity contribution in [3.8, 4) is 11.4 Å². The van der Waals surface area contributed by atoms with Crippen LogP contribution in [0.2, 0.25) is 0 Å². The van der Waals surface area contributed by atoms with Crippen molar-refractivity contribution in [2.24, 2.45) is 0 Å². The quantitative estimate of drug-likeness (QED) is 0.679. The second-order valence-electron chi connectivity index (χ2n) is 6.69. The van der Waals surface area contributed by atoms with Crippen LogP contribution >= 0.6 is 0 Å². The minimum Gasteiger partial charge on any atom is -0.306 e. The number of hydrogen-bond donors (Lipinski definition) is 1. The maximum atomic E-state index is 14.1. The predicted molar refractivity (Wildman–Crippen MR) is 95.1 cm³/mol. The Labute approximate surface area is 162 Å². The molecule has 0 fully saturated rings. The molecule has 0 saturated heterocycles. The summed E-state index contributed by atoms with van der Waals surface area (Å²) < 4.78 is 53.8. The van der Waals surface area contributed by atoms with E-state index in [0.29, 0.717) is 35.6 Å². The van der Waals surface area contributed by atoms with E-state index < -0.39 is 23.1 Å². The molecule has 2 aromatic heterocycles. The van der Waals surface area contributed by atoms with Gasteiger partial charge in [0.1, 0.15) is 18.0 Å². The van der Waals surface area contributed by atoms with Crippen LogP contribution in [-0.4, -0.2) is 31.4 Å². The van der Waals surface area contributed by atoms with E-state index in [1.54, 1.807) is 4.90 Å². The fraction of sp³-hybridized carbons (Fsp3) is 0.263. The monoisotopic (exact) mass is 405 g/mol. The highest BCUT2D eigenvalue weighted by Crippen LogP contribution is 2.34. The Morgan fingerprint density at radius 1 is 1.17 bits per heavy atom. The van der Waals surface area contributed by atoms with Gasteiger partial charge in [-0.25, -0.2) is 19.3 Å². The van der Waals surface area contributed by atoms with E-state index in [2.05, 4.69) is 19.9 Å². The summed E-state index contributed by atoms with van der Waals surface area (Å²) in [5.74, 6) is -0.589. The molecule has 1 aliphatic rings. The van der Waals surface area contributed by atoms with Gasteiger partial charge in [-0.1, -0.05) is 6.07 Å². The molecule has 0 bridgehead atoms. The first-order chi connectivity index (χ1) is 13.8. The van der Waals surface area contributed by atoms with Crippen molar-refractivity contribution in [3.63, 3.8) is 0 Å². The summed E-state index contributed by atoms with van der Waals surface area (Å²) >= 11 is 0. The maximum absolute atomic E-state index is 14.1. The van der Waals surface area contributed by atoms with Gasteiger partial charge in [0.2, 0.25) is 0 Å². The van der Waals surface area contributed by atoms with Crippen LogP contribution in [0.5, 0.6) is 0 Å². The van der Waals surface area contributed by atoms with Gasteiger partial charge in [0.25, 0.3) is 5.56 Å². The van der Waals surface area contributed by atoms with Crippen LogP contribution in [0.25, 0.3) is 11.4 Å². The summed E-state index contributed by atoms with van der Waals surface area (Å²) in [6.07, 6.45) is 0.0929. The van der Waals surface area contributed by atoms with Gasteiger partial charge in [-0.3, -0.25) is 9.69 Å². The molecule has 0 unspecified atom stereocenters. The first-order valence-corrected chi connectivity index (χ1v) is 8.77. The number of rotatable bonds is 3. The number of H-pyrrole nitrogens is 1. The van der Waals surface area contributed by atoms with Crippen LogP contribution in [0.3, 0.4) is 0 Å². The number of halogens is 4. The van der Waals surface area contributed by atoms with Crippen molar-refractivity contribution in [2.45, 2.75) is 25.7 Å². The Morgan fingerprint density at radius 2 is 1.93 bits per heavy atom. The molecule has 150 valence electrons. The lowest BCUT2D eigenvalue weighted by molar-refractivity contribution is -0.138. The van der Waals surface area contributed by atoms with Gasteiger partial charge in [-0.05, 0) is 12.1 Å². The number of aromatic nitrogens is 4. The molecule has 29 heavy (non-hydrogen) atoms. The first kappa shape index (κ1) is 19.2. The summed E-state index contributed by atoms with van der Waals surface area (Å²) in [5.41, 5.74) is -0.338. The highest BCUT2D eigenvalue weighted by molar-refractivity contribution is 5.52. The van der Waals surface area contributed by atoms with Crippen molar-refractivity contribution in [1.82, 2.24) is 24.8 Å². The summed E-state index contributed by atoms with van der Waals surface area (Å²) in [6, 6.07) is 2.90. The fourth-order valence-electron chi connectivity index (χ4n) is 3.38. The highest BCUT2D eigenvalue weighted by Gasteiger charge is 2.35. The van der Waals surface area contributed by atoms with E-state index in [-0.39, 0.29) is 18.6 Å². The number of hydrogen-bond acceptors (Lipinski definition) is 5. The van der Waals surface area contributed by atoms with Gasteiger partial charge in [-0.2, -0.15) is 13.2 Å². The first-order valence-electron chi connectivity index (χ1n) is 8.77. The van der Waals surface area contributed by atoms with Crippen molar-refractivity contribution >= 4 is 0 Å². The molecule has 0 spiro atoms. The van der Waals surface area contributed by atoms with E-state index in [0.717, 1.165) is 18.2 Å². The standard InChI is InChI=1S/C19H15F4N5O/c20-15-3-1-2-14(19(21,22)23)12(15)8-28-5-4-16-13(9-28)18(29)27-17(26-16)11-6-24-10-25-7-11/h1-3,6-7,10H,4-5,8-9H2,(H,26,27,29). The smallest absolute Gasteiger partial charge is 0.306 e. The third-order valence-corrected chi connectivity index (χ3v) is 4.79. The van der Waals surface area contributed by atoms with Crippen molar-refractivity contribution in [2.75, 3.05) is 6.54 Å². The minimum atomic E-state index is -4.66. The number of benzene rings is 1. The Bertz CT molecular complexity index is 1100. The topological polar surface area (TPSA) is 74.8 Å². The normalized spacial score (nSPS) is 14.6. The zero-order chi connectivity index (χ0) is 20.6. The Hall–Kier alpha value is -3.14. The molecule has 0 amide bonds. The maximum Gasteiger partial charge on any atom is 0.416 e. The zero-order valence-electron chi connectivity index (χ0n) is 15.0. The largest absolute Gasteiger partial charge is 0.416 e. The number of alkyl halides is 3. The van der Waals surface area contributed by atoms with Crippen LogP contribution in [0.15, 0.2) is 41.7 Å². The molecule has 0 saturated carbocycles. The Kier molecular flexibility index (Phi) is 4.87. The Balaban J connectivity index is 1.62. The van der Waals surface area contributed by atoms with Gasteiger partial charge >= 0.3 is 6.18 Å². The van der Waals surface area contributed by atoms with Crippen LogP contribution in [-0.2, 0) is 25.7 Å². The molecule has 0 atom stereocenters. The third-order valence-electron chi connectivity index (χ3n) is 4.79. The average Bonchev–Trinajstić information content (AvgIpc) is 2.69. The molecular weight excluding hydrogens is 390 g/mol. The zero-order valence-corrected chi connectivity index (χ0v) is 15.0. The van der Waals surface area contributed by atoms with Crippen molar-refractivity contribution in [1.29, 1.82) is 0 Å². The predicted octanol–water partition coefficient (Wildman–Crippen LogP) is 2.94. The van der Waals surface area contributed by atoms with Gasteiger partial charge in [0.15, 0.2) is 0 Å². The molecule has 1 aromatic carbocycles. The van der Waals surface area contributed by atoms with E-state index in [9.17, 15) is 22.4 Å². The van der Waals surface area contributed by atoms with Crippen LogP contribution in [0.1, 0.15) is 22.4 Å². The van der Waals surface area contributed by atoms with Crippen LogP contribution in [0, 0.1) is 5.82 Å². The SMILES string of the molecule is O=c1[nH]c(-c2cncnc2)nc2c1CN(Cc1c(F)cccc1C(F)(F)F)CC2. The van der Waals surface area contributed by atoms with E-state index in [1.807, 2.05) is 0 Å². The number of nitrogens with zero attached hydrogens (tertiary/aromatic N) is 4. The molecule has 6 nitrogen and oxygen atoms in total. The van der Waals surface area contributed by atoms with Crippen molar-refractivity contribution < 1.29 is 17.6 Å². The van der Waals surface area contributed by atoms with Gasteiger partial charge in [0, 0.05) is 44.0 Å². The molecule has 1 aliphatic heterocycles. The van der Waals surface area contributed by atoms with Crippen molar-refractivity contribution in [3.05, 3.63) is 75.5 Å². The molecular formula is C19H15F4N5O. The van der Waals surface area contributed by atoms with Crippen LogP contribution in [0.4, 0.5) is 17.6 Å². The fourth-order valence-corrected chi connectivity index (χ4v) is 3.38. The second kappa shape index (κ2) is 7.36. The summed E-state index contributed by atoms with van der Waals surface area (Å²) in [7, 11) is 0. The van der Waals surface area contributed by atoms with Crippen LogP contribution < -0.4 is 5.56 Å². The highest BCUT2D eigenvalue weighted by atomic mass is 19.4. The lowest BCUT2D eigenvalue weighted by Crippen LogP contribution is -2.36. The third kappa shape index (κ3) is 3.88. The minimum absolute atomic E-state index is 0.0782. The molecule has 0 aliphatic carbocycles. The molecule has 1 N–H and O–H groups in total. The number of fused-ring (bicyclic) bond motifs is 1. The second-order valence-corrected chi connectivity index (χ2v) is 6.69. The summed E-state index contributed by atoms with van der Waals surface area (Å²) in [5, 5.41) is 0. The van der Waals surface area contributed by atoms with Gasteiger partial charge < -0.3 is 4.98 Å². The Morgan fingerprint density at radius 3 is 2.66 bits per heavy atom. The molecule has 4 rings (SSSR count). The van der Waals surface area contributed by atoms with Gasteiger partial charge in [-0.15, -0.1) is 0 Å².